The topological polar surface area (TPSA) is 93.1 Å². The number of methoxy groups -OCH3 is 1. The van der Waals surface area contributed by atoms with Gasteiger partial charge < -0.3 is 19.0 Å². The van der Waals surface area contributed by atoms with Crippen LogP contribution in [-0.2, 0) is 0 Å². The Morgan fingerprint density at radius 3 is 2.44 bits per heavy atom. The van der Waals surface area contributed by atoms with E-state index in [9.17, 15) is 19.6 Å². The maximum atomic E-state index is 13.4. The molecule has 0 radical (unpaired) electrons. The van der Waals surface area contributed by atoms with Gasteiger partial charge in [-0.05, 0) is 55.3 Å². The zero-order valence-electron chi connectivity index (χ0n) is 18.9. The Bertz CT molecular complexity index is 1430. The van der Waals surface area contributed by atoms with Crippen LogP contribution in [0.3, 0.4) is 0 Å². The van der Waals surface area contributed by atoms with E-state index in [0.717, 1.165) is 11.4 Å². The van der Waals surface area contributed by atoms with Crippen LogP contribution in [0.15, 0.2) is 72.0 Å². The molecule has 0 aliphatic carbocycles. The van der Waals surface area contributed by atoms with Crippen LogP contribution >= 0.6 is 0 Å². The predicted molar refractivity (Wildman–Crippen MR) is 125 cm³/mol. The highest BCUT2D eigenvalue weighted by Gasteiger charge is 2.21. The second-order valence-corrected chi connectivity index (χ2v) is 7.99. The number of halogens is 1. The van der Waals surface area contributed by atoms with Gasteiger partial charge in [0.15, 0.2) is 0 Å². The third-order valence-corrected chi connectivity index (χ3v) is 5.77. The molecule has 0 bridgehead atoms. The molecule has 0 aliphatic heterocycles. The number of ether oxygens (including phenoxy) is 1. The van der Waals surface area contributed by atoms with Crippen LogP contribution in [0.25, 0.3) is 5.69 Å². The number of hydrogen-bond donors (Lipinski definition) is 1. The van der Waals surface area contributed by atoms with E-state index in [4.69, 9.17) is 4.74 Å². The maximum Gasteiger partial charge on any atom is 0.257 e. The lowest BCUT2D eigenvalue weighted by atomic mass is 10.00. The third kappa shape index (κ3) is 4.34. The molecule has 0 fully saturated rings. The summed E-state index contributed by atoms with van der Waals surface area (Å²) >= 11 is 0. The molecule has 2 aromatic carbocycles. The molecule has 2 atom stereocenters. The van der Waals surface area contributed by atoms with E-state index in [1.165, 1.54) is 36.1 Å². The minimum atomic E-state index is -1.29. The summed E-state index contributed by atoms with van der Waals surface area (Å²) in [6, 6.07) is 13.9. The van der Waals surface area contributed by atoms with E-state index in [0.29, 0.717) is 16.9 Å². The van der Waals surface area contributed by atoms with E-state index >= 15 is 0 Å². The lowest BCUT2D eigenvalue weighted by Gasteiger charge is -2.20. The monoisotopic (exact) mass is 458 g/mol. The standard InChI is InChI=1S/C26H23FN4O3/c1-16-13-30(15-29-16)23-9-6-20(11-24(23)34-3)25(32)22-10-18(12-28)14-31(26(22)33)17(2)19-4-7-21(27)8-5-19/h4-11,13-15,17,25,32H,1-3H3/t17-,25?/m0/s1. The first kappa shape index (κ1) is 23.0. The lowest BCUT2D eigenvalue weighted by Crippen LogP contribution is -2.28. The number of nitriles is 1. The van der Waals surface area contributed by atoms with Crippen molar-refractivity contribution in [3.8, 4) is 17.5 Å². The third-order valence-electron chi connectivity index (χ3n) is 5.77. The zero-order chi connectivity index (χ0) is 24.4. The molecule has 0 aliphatic rings. The zero-order valence-corrected chi connectivity index (χ0v) is 18.9. The van der Waals surface area contributed by atoms with Crippen LogP contribution < -0.4 is 10.3 Å². The van der Waals surface area contributed by atoms with Crippen molar-refractivity contribution in [1.82, 2.24) is 14.1 Å². The Hall–Kier alpha value is -4.22. The lowest BCUT2D eigenvalue weighted by molar-refractivity contribution is 0.217. The van der Waals surface area contributed by atoms with Crippen molar-refractivity contribution in [1.29, 1.82) is 5.26 Å². The van der Waals surface area contributed by atoms with Crippen LogP contribution in [0.5, 0.6) is 5.75 Å². The van der Waals surface area contributed by atoms with Crippen molar-refractivity contribution in [2.24, 2.45) is 0 Å². The van der Waals surface area contributed by atoms with Crippen molar-refractivity contribution < 1.29 is 14.2 Å². The number of aromatic nitrogens is 3. The van der Waals surface area contributed by atoms with Crippen LogP contribution in [-0.4, -0.2) is 26.3 Å². The van der Waals surface area contributed by atoms with E-state index in [2.05, 4.69) is 4.98 Å². The minimum absolute atomic E-state index is 0.0568. The molecule has 0 spiro atoms. The molecule has 2 aromatic heterocycles. The quantitative estimate of drug-likeness (QED) is 0.471. The fourth-order valence-corrected chi connectivity index (χ4v) is 3.88. The number of aliphatic hydroxyl groups is 1. The molecular weight excluding hydrogens is 435 g/mol. The van der Waals surface area contributed by atoms with Crippen molar-refractivity contribution in [2.75, 3.05) is 7.11 Å². The Labute approximate surface area is 195 Å². The van der Waals surface area contributed by atoms with Gasteiger partial charge in [-0.25, -0.2) is 9.37 Å². The number of imidazole rings is 1. The highest BCUT2D eigenvalue weighted by Crippen LogP contribution is 2.30. The van der Waals surface area contributed by atoms with E-state index < -0.39 is 17.7 Å². The van der Waals surface area contributed by atoms with Crippen LogP contribution in [0.2, 0.25) is 0 Å². The normalized spacial score (nSPS) is 12.7. The molecule has 0 saturated carbocycles. The Balaban J connectivity index is 1.77. The van der Waals surface area contributed by atoms with E-state index in [1.54, 1.807) is 48.1 Å². The summed E-state index contributed by atoms with van der Waals surface area (Å²) in [4.78, 5) is 17.6. The summed E-state index contributed by atoms with van der Waals surface area (Å²) in [5, 5.41) is 20.7. The van der Waals surface area contributed by atoms with Crippen LogP contribution in [0, 0.1) is 24.1 Å². The first-order valence-corrected chi connectivity index (χ1v) is 10.6. The van der Waals surface area contributed by atoms with Crippen LogP contribution in [0.4, 0.5) is 4.39 Å². The minimum Gasteiger partial charge on any atom is -0.495 e. The number of rotatable bonds is 6. The van der Waals surface area contributed by atoms with Gasteiger partial charge in [0.2, 0.25) is 0 Å². The first-order valence-electron chi connectivity index (χ1n) is 10.6. The van der Waals surface area contributed by atoms with Crippen LogP contribution in [0.1, 0.15) is 47.0 Å². The van der Waals surface area contributed by atoms with Gasteiger partial charge in [0.05, 0.1) is 42.0 Å². The number of benzene rings is 2. The summed E-state index contributed by atoms with van der Waals surface area (Å²) in [6.07, 6.45) is 3.66. The second kappa shape index (κ2) is 9.33. The molecule has 34 heavy (non-hydrogen) atoms. The molecule has 7 nitrogen and oxygen atoms in total. The van der Waals surface area contributed by atoms with Gasteiger partial charge in [-0.3, -0.25) is 4.79 Å². The highest BCUT2D eigenvalue weighted by atomic mass is 19.1. The van der Waals surface area contributed by atoms with Crippen molar-refractivity contribution in [3.63, 3.8) is 0 Å². The van der Waals surface area contributed by atoms with Gasteiger partial charge in [-0.15, -0.1) is 0 Å². The molecule has 4 rings (SSSR count). The smallest absolute Gasteiger partial charge is 0.257 e. The van der Waals surface area contributed by atoms with Crippen molar-refractivity contribution >= 4 is 0 Å². The molecule has 1 N–H and O–H groups in total. The second-order valence-electron chi connectivity index (χ2n) is 7.99. The van der Waals surface area contributed by atoms with Gasteiger partial charge in [-0.1, -0.05) is 18.2 Å². The number of pyridine rings is 1. The number of nitrogens with zero attached hydrogens (tertiary/aromatic N) is 4. The largest absolute Gasteiger partial charge is 0.495 e. The van der Waals surface area contributed by atoms with Gasteiger partial charge >= 0.3 is 0 Å². The Morgan fingerprint density at radius 1 is 1.12 bits per heavy atom. The molecule has 1 unspecified atom stereocenters. The maximum absolute atomic E-state index is 13.4. The summed E-state index contributed by atoms with van der Waals surface area (Å²) in [5.74, 6) is 0.110. The molecule has 4 aromatic rings. The fraction of sp³-hybridized carbons (Fsp3) is 0.192. The summed E-state index contributed by atoms with van der Waals surface area (Å²) in [6.45, 7) is 3.65. The molecule has 172 valence electrons. The fourth-order valence-electron chi connectivity index (χ4n) is 3.88. The van der Waals surface area contributed by atoms with Crippen molar-refractivity contribution in [3.05, 3.63) is 111 Å². The number of hydrogen-bond acceptors (Lipinski definition) is 5. The average Bonchev–Trinajstić information content (AvgIpc) is 3.29. The Kier molecular flexibility index (Phi) is 6.30. The molecule has 8 heteroatoms. The molecule has 2 heterocycles. The van der Waals surface area contributed by atoms with Gasteiger partial charge in [0.1, 0.15) is 23.7 Å². The van der Waals surface area contributed by atoms with Crippen molar-refractivity contribution in [2.45, 2.75) is 26.0 Å². The van der Waals surface area contributed by atoms with Gasteiger partial charge in [-0.2, -0.15) is 5.26 Å². The highest BCUT2D eigenvalue weighted by molar-refractivity contribution is 5.51. The van der Waals surface area contributed by atoms with E-state index in [-0.39, 0.29) is 16.9 Å². The summed E-state index contributed by atoms with van der Waals surface area (Å²) < 4.78 is 22.0. The van der Waals surface area contributed by atoms with E-state index in [1.807, 2.05) is 19.2 Å². The SMILES string of the molecule is COc1cc(C(O)c2cc(C#N)cn([C@@H](C)c3ccc(F)cc3)c2=O)ccc1-n1cnc(C)c1. The summed E-state index contributed by atoms with van der Waals surface area (Å²) in [5.41, 5.74) is 2.53. The number of aliphatic hydroxyl groups excluding tert-OH is 1. The number of aryl methyl sites for hydroxylation is 1. The Morgan fingerprint density at radius 2 is 1.82 bits per heavy atom. The van der Waals surface area contributed by atoms with Gasteiger partial charge in [0, 0.05) is 12.4 Å². The first-order chi connectivity index (χ1) is 16.3. The van der Waals surface area contributed by atoms with Gasteiger partial charge in [0.25, 0.3) is 5.56 Å². The molecule has 0 amide bonds. The average molecular weight is 458 g/mol. The molecule has 0 saturated heterocycles. The predicted octanol–water partition coefficient (Wildman–Crippen LogP) is 4.05. The molecular formula is C26H23FN4O3. The summed E-state index contributed by atoms with van der Waals surface area (Å²) in [7, 11) is 1.52.